The molecule has 0 saturated heterocycles. The van der Waals surface area contributed by atoms with Crippen molar-refractivity contribution in [2.24, 2.45) is 17.8 Å². The van der Waals surface area contributed by atoms with Crippen LogP contribution in [0.5, 0.6) is 0 Å². The van der Waals surface area contributed by atoms with Crippen molar-refractivity contribution in [2.75, 3.05) is 0 Å². The van der Waals surface area contributed by atoms with Crippen LogP contribution in [0.3, 0.4) is 0 Å². The summed E-state index contributed by atoms with van der Waals surface area (Å²) in [5, 5.41) is 0. The maximum atomic E-state index is 2.44. The molecular formula is C42H46. The lowest BCUT2D eigenvalue weighted by molar-refractivity contribution is 0.464. The second-order valence-corrected chi connectivity index (χ2v) is 12.4. The molecule has 6 rings (SSSR count). The Labute approximate surface area is 254 Å². The Morgan fingerprint density at radius 2 is 1.48 bits per heavy atom. The zero-order valence-corrected chi connectivity index (χ0v) is 26.1. The number of hydrogen-bond acceptors (Lipinski definition) is 0. The highest BCUT2D eigenvalue weighted by atomic mass is 14.5. The van der Waals surface area contributed by atoms with Crippen LogP contribution < -0.4 is 0 Å². The van der Waals surface area contributed by atoms with Gasteiger partial charge in [-0.05, 0) is 85.3 Å². The van der Waals surface area contributed by atoms with E-state index in [0.717, 1.165) is 18.3 Å². The summed E-state index contributed by atoms with van der Waals surface area (Å²) in [7, 11) is 0. The molecular weight excluding hydrogens is 504 g/mol. The topological polar surface area (TPSA) is 0 Å². The summed E-state index contributed by atoms with van der Waals surface area (Å²) in [6, 6.07) is 28.9. The first-order valence-electron chi connectivity index (χ1n) is 15.7. The SMILES string of the molecule is C/C=C\C=C1/CC(c2ccccc2)(c2ccc(C)cc2)c2ccccc21.CC1=CCC(C2=CCC(C(C)C)C=C2)C=C1. The highest BCUT2D eigenvalue weighted by Crippen LogP contribution is 2.53. The quantitative estimate of drug-likeness (QED) is 0.296. The van der Waals surface area contributed by atoms with E-state index in [0.29, 0.717) is 5.92 Å². The monoisotopic (exact) mass is 550 g/mol. The van der Waals surface area contributed by atoms with Crippen molar-refractivity contribution in [3.8, 4) is 0 Å². The highest BCUT2D eigenvalue weighted by Gasteiger charge is 2.43. The molecule has 0 heterocycles. The van der Waals surface area contributed by atoms with E-state index < -0.39 is 0 Å². The third-order valence-electron chi connectivity index (χ3n) is 9.22. The van der Waals surface area contributed by atoms with E-state index in [1.807, 2.05) is 0 Å². The Kier molecular flexibility index (Phi) is 9.43. The van der Waals surface area contributed by atoms with Crippen LogP contribution in [0.2, 0.25) is 0 Å². The molecule has 0 aromatic heterocycles. The summed E-state index contributed by atoms with van der Waals surface area (Å²) in [5.41, 5.74) is 11.0. The molecule has 0 heteroatoms. The van der Waals surface area contributed by atoms with Crippen LogP contribution in [0.25, 0.3) is 5.57 Å². The molecule has 0 radical (unpaired) electrons. The van der Waals surface area contributed by atoms with Gasteiger partial charge in [0.1, 0.15) is 0 Å². The number of benzene rings is 3. The van der Waals surface area contributed by atoms with E-state index in [1.54, 1.807) is 0 Å². The van der Waals surface area contributed by atoms with Crippen LogP contribution in [-0.4, -0.2) is 0 Å². The largest absolute Gasteiger partial charge is 0.0877 e. The van der Waals surface area contributed by atoms with Gasteiger partial charge in [-0.15, -0.1) is 0 Å². The molecule has 214 valence electrons. The number of allylic oxidation sites excluding steroid dienone is 12. The predicted octanol–water partition coefficient (Wildman–Crippen LogP) is 11.4. The first kappa shape index (κ1) is 29.6. The fourth-order valence-corrected chi connectivity index (χ4v) is 6.61. The van der Waals surface area contributed by atoms with Crippen LogP contribution in [-0.2, 0) is 5.41 Å². The Balaban J connectivity index is 0.000000189. The van der Waals surface area contributed by atoms with Crippen molar-refractivity contribution in [1.82, 2.24) is 0 Å². The standard InChI is InChI=1S/C26H24.C16H22/c1-3-4-10-21-19-26(22-11-6-5-7-12-22,23-17-15-20(2)16-18-23)25-14-9-8-13-24(21)25;1-12(2)14-8-10-16(11-9-14)15-6-4-13(3)5-7-15/h3-18H,19H2,1-2H3;4-6,8,10-12,14-15H,7,9H2,1-3H3/b4-3-,21-10+;. The van der Waals surface area contributed by atoms with Gasteiger partial charge in [0.2, 0.25) is 0 Å². The number of rotatable bonds is 5. The Morgan fingerprint density at radius 1 is 0.762 bits per heavy atom. The van der Waals surface area contributed by atoms with Gasteiger partial charge in [0.25, 0.3) is 0 Å². The predicted molar refractivity (Wildman–Crippen MR) is 183 cm³/mol. The van der Waals surface area contributed by atoms with E-state index >= 15 is 0 Å². The van der Waals surface area contributed by atoms with E-state index in [2.05, 4.69) is 168 Å². The molecule has 3 unspecified atom stereocenters. The molecule has 42 heavy (non-hydrogen) atoms. The van der Waals surface area contributed by atoms with Crippen LogP contribution >= 0.6 is 0 Å². The molecule has 0 amide bonds. The lowest BCUT2D eigenvalue weighted by Gasteiger charge is -2.32. The Bertz CT molecular complexity index is 1540. The van der Waals surface area contributed by atoms with E-state index in [1.165, 1.54) is 57.4 Å². The molecule has 0 aliphatic heterocycles. The Hall–Kier alpha value is -3.90. The molecule has 3 aromatic carbocycles. The van der Waals surface area contributed by atoms with Gasteiger partial charge in [0.15, 0.2) is 0 Å². The molecule has 0 fully saturated rings. The third kappa shape index (κ3) is 6.29. The number of hydrogen-bond donors (Lipinski definition) is 0. The molecule has 0 nitrogen and oxygen atoms in total. The van der Waals surface area contributed by atoms with E-state index in [4.69, 9.17) is 0 Å². The first-order chi connectivity index (χ1) is 20.4. The van der Waals surface area contributed by atoms with E-state index in [-0.39, 0.29) is 5.41 Å². The molecule has 0 N–H and O–H groups in total. The maximum absolute atomic E-state index is 2.44. The van der Waals surface area contributed by atoms with Crippen molar-refractivity contribution in [1.29, 1.82) is 0 Å². The molecule has 3 aromatic rings. The normalized spacial score (nSPS) is 23.9. The van der Waals surface area contributed by atoms with Gasteiger partial charge in [-0.1, -0.05) is 159 Å². The van der Waals surface area contributed by atoms with Gasteiger partial charge in [-0.25, -0.2) is 0 Å². The van der Waals surface area contributed by atoms with Gasteiger partial charge in [-0.3, -0.25) is 0 Å². The van der Waals surface area contributed by atoms with Crippen LogP contribution in [0, 0.1) is 24.7 Å². The van der Waals surface area contributed by atoms with Crippen LogP contribution in [0.4, 0.5) is 0 Å². The minimum atomic E-state index is -0.126. The minimum absolute atomic E-state index is 0.126. The Morgan fingerprint density at radius 3 is 2.12 bits per heavy atom. The lowest BCUT2D eigenvalue weighted by Crippen LogP contribution is -2.26. The van der Waals surface area contributed by atoms with E-state index in [9.17, 15) is 0 Å². The second kappa shape index (κ2) is 13.4. The molecule has 0 saturated carbocycles. The highest BCUT2D eigenvalue weighted by molar-refractivity contribution is 5.81. The van der Waals surface area contributed by atoms with Crippen LogP contribution in [0.1, 0.15) is 74.8 Å². The maximum Gasteiger partial charge on any atom is 0.0497 e. The lowest BCUT2D eigenvalue weighted by atomic mass is 9.70. The summed E-state index contributed by atoms with van der Waals surface area (Å²) in [6.45, 7) is 11.0. The molecule has 3 atom stereocenters. The van der Waals surface area contributed by atoms with Gasteiger partial charge >= 0.3 is 0 Å². The third-order valence-corrected chi connectivity index (χ3v) is 9.22. The number of aryl methyl sites for hydroxylation is 1. The average molecular weight is 551 g/mol. The minimum Gasteiger partial charge on any atom is -0.0877 e. The van der Waals surface area contributed by atoms with Gasteiger partial charge in [-0.2, -0.15) is 0 Å². The van der Waals surface area contributed by atoms with Gasteiger partial charge < -0.3 is 0 Å². The fraction of sp³-hybridized carbons (Fsp3) is 0.286. The second-order valence-electron chi connectivity index (χ2n) is 12.4. The van der Waals surface area contributed by atoms with Crippen molar-refractivity contribution in [2.45, 2.75) is 59.3 Å². The van der Waals surface area contributed by atoms with Gasteiger partial charge in [0.05, 0.1) is 0 Å². The summed E-state index contributed by atoms with van der Waals surface area (Å²) >= 11 is 0. The summed E-state index contributed by atoms with van der Waals surface area (Å²) in [6.07, 6.45) is 24.0. The molecule has 0 spiro atoms. The zero-order chi connectivity index (χ0) is 29.5. The van der Waals surface area contributed by atoms with Gasteiger partial charge in [0, 0.05) is 11.3 Å². The van der Waals surface area contributed by atoms with Crippen molar-refractivity contribution >= 4 is 5.57 Å². The molecule has 3 aliphatic carbocycles. The van der Waals surface area contributed by atoms with Crippen LogP contribution in [0.15, 0.2) is 145 Å². The average Bonchev–Trinajstić information content (AvgIpc) is 3.37. The summed E-state index contributed by atoms with van der Waals surface area (Å²) in [4.78, 5) is 0. The smallest absolute Gasteiger partial charge is 0.0497 e. The number of fused-ring (bicyclic) bond motifs is 1. The zero-order valence-electron chi connectivity index (χ0n) is 26.1. The summed E-state index contributed by atoms with van der Waals surface area (Å²) < 4.78 is 0. The van der Waals surface area contributed by atoms with Crippen molar-refractivity contribution in [3.63, 3.8) is 0 Å². The van der Waals surface area contributed by atoms with Crippen molar-refractivity contribution < 1.29 is 0 Å². The summed E-state index contributed by atoms with van der Waals surface area (Å²) in [5.74, 6) is 2.12. The van der Waals surface area contributed by atoms with Crippen molar-refractivity contribution in [3.05, 3.63) is 173 Å². The first-order valence-corrected chi connectivity index (χ1v) is 15.7. The molecule has 3 aliphatic rings. The fourth-order valence-electron chi connectivity index (χ4n) is 6.61. The molecule has 0 bridgehead atoms.